The first-order chi connectivity index (χ1) is 14.7. The van der Waals surface area contributed by atoms with Gasteiger partial charge in [-0.05, 0) is 44.9 Å². The van der Waals surface area contributed by atoms with Crippen molar-refractivity contribution in [2.45, 2.75) is 51.0 Å². The van der Waals surface area contributed by atoms with Crippen LogP contribution in [0.4, 0.5) is 5.82 Å². The van der Waals surface area contributed by atoms with E-state index in [1.54, 1.807) is 0 Å². The number of likely N-dealkylation sites (tertiary alicyclic amines) is 1. The van der Waals surface area contributed by atoms with Gasteiger partial charge in [-0.1, -0.05) is 30.3 Å². The number of nitrogens with two attached hydrogens (primary N) is 1. The standard InChI is InChI=1S/C24H31N5O/c25-19-11-14-28(15-12-19)24(30)18-8-5-13-29(16-18)23-20-9-4-10-21(20)26-22(27-23)17-6-2-1-3-7-17/h1-3,6-7,18-19H,4-5,8-16,25H2/t18-/m1/s1. The summed E-state index contributed by atoms with van der Waals surface area (Å²) in [5, 5.41) is 0. The Kier molecular flexibility index (Phi) is 5.42. The quantitative estimate of drug-likeness (QED) is 0.850. The minimum atomic E-state index is 0.0558. The number of hydrogen-bond donors (Lipinski definition) is 1. The van der Waals surface area contributed by atoms with Gasteiger partial charge in [0.25, 0.3) is 0 Å². The molecule has 3 heterocycles. The number of rotatable bonds is 3. The van der Waals surface area contributed by atoms with Crippen LogP contribution < -0.4 is 10.6 Å². The Hall–Kier alpha value is -2.47. The van der Waals surface area contributed by atoms with E-state index < -0.39 is 0 Å². The van der Waals surface area contributed by atoms with E-state index in [1.165, 1.54) is 11.3 Å². The van der Waals surface area contributed by atoms with Gasteiger partial charge in [-0.3, -0.25) is 4.79 Å². The van der Waals surface area contributed by atoms with E-state index in [2.05, 4.69) is 17.0 Å². The summed E-state index contributed by atoms with van der Waals surface area (Å²) in [5.74, 6) is 2.24. The summed E-state index contributed by atoms with van der Waals surface area (Å²) in [6.45, 7) is 3.33. The van der Waals surface area contributed by atoms with Gasteiger partial charge in [-0.2, -0.15) is 0 Å². The zero-order valence-electron chi connectivity index (χ0n) is 17.6. The van der Waals surface area contributed by atoms with Gasteiger partial charge in [0.15, 0.2) is 5.82 Å². The Morgan fingerprint density at radius 3 is 2.57 bits per heavy atom. The summed E-state index contributed by atoms with van der Waals surface area (Å²) in [4.78, 5) is 27.5. The minimum Gasteiger partial charge on any atom is -0.355 e. The van der Waals surface area contributed by atoms with Crippen LogP contribution in [0.25, 0.3) is 11.4 Å². The molecule has 3 aliphatic rings. The average molecular weight is 406 g/mol. The third-order valence-corrected chi connectivity index (χ3v) is 6.86. The normalized spacial score (nSPS) is 22.2. The van der Waals surface area contributed by atoms with Crippen molar-refractivity contribution in [3.05, 3.63) is 41.6 Å². The monoisotopic (exact) mass is 405 g/mol. The predicted molar refractivity (Wildman–Crippen MR) is 118 cm³/mol. The van der Waals surface area contributed by atoms with E-state index in [-0.39, 0.29) is 12.0 Å². The molecule has 2 aliphatic heterocycles. The molecule has 2 fully saturated rings. The van der Waals surface area contributed by atoms with Crippen molar-refractivity contribution < 1.29 is 4.79 Å². The van der Waals surface area contributed by atoms with Crippen molar-refractivity contribution in [2.24, 2.45) is 11.7 Å². The second-order valence-corrected chi connectivity index (χ2v) is 8.96. The van der Waals surface area contributed by atoms with E-state index in [9.17, 15) is 4.79 Å². The molecular weight excluding hydrogens is 374 g/mol. The Morgan fingerprint density at radius 2 is 1.77 bits per heavy atom. The molecule has 0 saturated carbocycles. The molecule has 6 nitrogen and oxygen atoms in total. The Morgan fingerprint density at radius 1 is 0.967 bits per heavy atom. The fraction of sp³-hybridized carbons (Fsp3) is 0.542. The van der Waals surface area contributed by atoms with Crippen molar-refractivity contribution in [1.82, 2.24) is 14.9 Å². The molecule has 1 aromatic carbocycles. The molecule has 1 aliphatic carbocycles. The molecule has 0 radical (unpaired) electrons. The maximum atomic E-state index is 13.2. The van der Waals surface area contributed by atoms with Crippen molar-refractivity contribution in [1.29, 1.82) is 0 Å². The number of nitrogens with zero attached hydrogens (tertiary/aromatic N) is 4. The highest BCUT2D eigenvalue weighted by molar-refractivity contribution is 5.80. The van der Waals surface area contributed by atoms with E-state index in [0.29, 0.717) is 5.91 Å². The Labute approximate surface area is 178 Å². The van der Waals surface area contributed by atoms with Crippen LogP contribution in [-0.2, 0) is 17.6 Å². The summed E-state index contributed by atoms with van der Waals surface area (Å²) in [6.07, 6.45) is 7.04. The van der Waals surface area contributed by atoms with Crippen LogP contribution in [-0.4, -0.2) is 53.0 Å². The highest BCUT2D eigenvalue weighted by Gasteiger charge is 2.33. The van der Waals surface area contributed by atoms with Gasteiger partial charge < -0.3 is 15.5 Å². The van der Waals surface area contributed by atoms with Gasteiger partial charge in [0.1, 0.15) is 5.82 Å². The number of benzene rings is 1. The van der Waals surface area contributed by atoms with Crippen molar-refractivity contribution >= 4 is 11.7 Å². The highest BCUT2D eigenvalue weighted by atomic mass is 16.2. The highest BCUT2D eigenvalue weighted by Crippen LogP contribution is 2.34. The summed E-state index contributed by atoms with van der Waals surface area (Å²) in [5.41, 5.74) is 9.58. The third-order valence-electron chi connectivity index (χ3n) is 6.86. The number of hydrogen-bond acceptors (Lipinski definition) is 5. The van der Waals surface area contributed by atoms with Crippen molar-refractivity contribution in [2.75, 3.05) is 31.1 Å². The van der Waals surface area contributed by atoms with Crippen LogP contribution in [0, 0.1) is 5.92 Å². The number of piperidine rings is 2. The molecule has 158 valence electrons. The van der Waals surface area contributed by atoms with E-state index in [0.717, 1.165) is 88.3 Å². The zero-order valence-corrected chi connectivity index (χ0v) is 17.6. The number of carbonyl (C=O) groups is 1. The maximum Gasteiger partial charge on any atom is 0.227 e. The van der Waals surface area contributed by atoms with E-state index >= 15 is 0 Å². The first-order valence-corrected chi connectivity index (χ1v) is 11.4. The molecule has 30 heavy (non-hydrogen) atoms. The fourth-order valence-electron chi connectivity index (χ4n) is 5.14. The fourth-order valence-corrected chi connectivity index (χ4v) is 5.14. The Bertz CT molecular complexity index is 907. The van der Waals surface area contributed by atoms with Gasteiger partial charge in [0, 0.05) is 49.0 Å². The number of anilines is 1. The third kappa shape index (κ3) is 3.81. The summed E-state index contributed by atoms with van der Waals surface area (Å²) in [6, 6.07) is 10.5. The number of amides is 1. The van der Waals surface area contributed by atoms with Crippen LogP contribution in [0.1, 0.15) is 43.4 Å². The van der Waals surface area contributed by atoms with Crippen LogP contribution in [0.15, 0.2) is 30.3 Å². The number of carbonyl (C=O) groups excluding carboxylic acids is 1. The molecule has 1 amide bonds. The zero-order chi connectivity index (χ0) is 20.5. The molecule has 2 saturated heterocycles. The number of aryl methyl sites for hydroxylation is 1. The molecule has 5 rings (SSSR count). The second kappa shape index (κ2) is 8.34. The second-order valence-electron chi connectivity index (χ2n) is 8.96. The van der Waals surface area contributed by atoms with E-state index in [4.69, 9.17) is 15.7 Å². The molecule has 2 aromatic rings. The summed E-state index contributed by atoms with van der Waals surface area (Å²) in [7, 11) is 0. The lowest BCUT2D eigenvalue weighted by molar-refractivity contribution is -0.136. The van der Waals surface area contributed by atoms with Crippen LogP contribution in [0.5, 0.6) is 0 Å². The molecular formula is C24H31N5O. The van der Waals surface area contributed by atoms with Gasteiger partial charge in [0.2, 0.25) is 5.91 Å². The maximum absolute atomic E-state index is 13.2. The molecule has 2 N–H and O–H groups in total. The van der Waals surface area contributed by atoms with Crippen molar-refractivity contribution in [3.63, 3.8) is 0 Å². The number of fused-ring (bicyclic) bond motifs is 1. The van der Waals surface area contributed by atoms with E-state index in [1.807, 2.05) is 23.1 Å². The lowest BCUT2D eigenvalue weighted by Gasteiger charge is -2.38. The van der Waals surface area contributed by atoms with Crippen LogP contribution in [0.3, 0.4) is 0 Å². The van der Waals surface area contributed by atoms with Crippen LogP contribution >= 0.6 is 0 Å². The lowest BCUT2D eigenvalue weighted by atomic mass is 9.94. The summed E-state index contributed by atoms with van der Waals surface area (Å²) >= 11 is 0. The SMILES string of the molecule is NC1CCN(C(=O)[C@@H]2CCCN(c3nc(-c4ccccc4)nc4c3CCC4)C2)CC1. The summed E-state index contributed by atoms with van der Waals surface area (Å²) < 4.78 is 0. The molecule has 1 atom stereocenters. The first kappa shape index (κ1) is 19.5. The van der Waals surface area contributed by atoms with Gasteiger partial charge >= 0.3 is 0 Å². The van der Waals surface area contributed by atoms with Gasteiger partial charge in [0.05, 0.1) is 5.92 Å². The number of aromatic nitrogens is 2. The molecule has 0 bridgehead atoms. The molecule has 1 aromatic heterocycles. The molecule has 0 unspecified atom stereocenters. The minimum absolute atomic E-state index is 0.0558. The van der Waals surface area contributed by atoms with Crippen molar-refractivity contribution in [3.8, 4) is 11.4 Å². The Balaban J connectivity index is 1.40. The predicted octanol–water partition coefficient (Wildman–Crippen LogP) is 2.80. The van der Waals surface area contributed by atoms with Crippen LogP contribution in [0.2, 0.25) is 0 Å². The molecule has 6 heteroatoms. The van der Waals surface area contributed by atoms with Gasteiger partial charge in [-0.25, -0.2) is 9.97 Å². The topological polar surface area (TPSA) is 75.3 Å². The first-order valence-electron chi connectivity index (χ1n) is 11.4. The van der Waals surface area contributed by atoms with Gasteiger partial charge in [-0.15, -0.1) is 0 Å². The lowest BCUT2D eigenvalue weighted by Crippen LogP contribution is -2.49. The largest absolute Gasteiger partial charge is 0.355 e. The average Bonchev–Trinajstić information content (AvgIpc) is 3.28. The molecule has 0 spiro atoms. The smallest absolute Gasteiger partial charge is 0.227 e.